The lowest BCUT2D eigenvalue weighted by Crippen LogP contribution is -2.00. The van der Waals surface area contributed by atoms with Gasteiger partial charge in [0.2, 0.25) is 0 Å². The number of alkyl halides is 1. The molecule has 19 heavy (non-hydrogen) atoms. The van der Waals surface area contributed by atoms with Gasteiger partial charge in [0.15, 0.2) is 0 Å². The summed E-state index contributed by atoms with van der Waals surface area (Å²) < 4.78 is 14.5. The maximum absolute atomic E-state index is 13.4. The maximum Gasteiger partial charge on any atom is 0.123 e. The van der Waals surface area contributed by atoms with E-state index in [0.717, 1.165) is 26.7 Å². The van der Waals surface area contributed by atoms with Crippen molar-refractivity contribution in [3.63, 3.8) is 0 Å². The monoisotopic (exact) mass is 384 g/mol. The summed E-state index contributed by atoms with van der Waals surface area (Å²) in [7, 11) is 0. The molecule has 2 aromatic carbocycles. The van der Waals surface area contributed by atoms with Gasteiger partial charge in [0, 0.05) is 4.47 Å². The Morgan fingerprint density at radius 3 is 2.05 bits per heavy atom. The molecule has 0 bridgehead atoms. The van der Waals surface area contributed by atoms with Gasteiger partial charge in [-0.1, -0.05) is 44.0 Å². The zero-order chi connectivity index (χ0) is 14.2. The van der Waals surface area contributed by atoms with Gasteiger partial charge in [-0.25, -0.2) is 4.39 Å². The Labute approximate surface area is 130 Å². The van der Waals surface area contributed by atoms with Crippen molar-refractivity contribution in [3.8, 4) is 0 Å². The Morgan fingerprint density at radius 1 is 0.947 bits per heavy atom. The molecule has 0 aliphatic carbocycles. The van der Waals surface area contributed by atoms with Crippen molar-refractivity contribution in [2.75, 3.05) is 0 Å². The first kappa shape index (κ1) is 14.7. The quantitative estimate of drug-likeness (QED) is 0.556. The third-order valence-electron chi connectivity index (χ3n) is 3.30. The van der Waals surface area contributed by atoms with Crippen LogP contribution in [0.3, 0.4) is 0 Å². The van der Waals surface area contributed by atoms with Crippen LogP contribution in [0, 0.1) is 26.6 Å². The molecule has 2 aromatic rings. The number of aryl methyl sites for hydroxylation is 3. The molecule has 0 saturated carbocycles. The lowest BCUT2D eigenvalue weighted by Gasteiger charge is -2.17. The van der Waals surface area contributed by atoms with Gasteiger partial charge in [-0.15, -0.1) is 0 Å². The summed E-state index contributed by atoms with van der Waals surface area (Å²) in [5.74, 6) is -0.177. The van der Waals surface area contributed by atoms with Gasteiger partial charge in [0.25, 0.3) is 0 Å². The lowest BCUT2D eigenvalue weighted by atomic mass is 9.95. The number of hydrogen-bond acceptors (Lipinski definition) is 0. The molecule has 1 unspecified atom stereocenters. The van der Waals surface area contributed by atoms with E-state index in [0.29, 0.717) is 0 Å². The average molecular weight is 386 g/mol. The largest absolute Gasteiger partial charge is 0.207 e. The Morgan fingerprint density at radius 2 is 1.53 bits per heavy atom. The van der Waals surface area contributed by atoms with E-state index < -0.39 is 0 Å². The molecule has 0 aromatic heterocycles. The number of benzene rings is 2. The highest BCUT2D eigenvalue weighted by molar-refractivity contribution is 9.10. The molecule has 0 fully saturated rings. The van der Waals surface area contributed by atoms with E-state index in [2.05, 4.69) is 57.0 Å². The fourth-order valence-corrected chi connectivity index (χ4v) is 3.66. The van der Waals surface area contributed by atoms with Gasteiger partial charge in [-0.2, -0.15) is 0 Å². The summed E-state index contributed by atoms with van der Waals surface area (Å²) in [6.45, 7) is 5.96. The number of hydrogen-bond donors (Lipinski definition) is 0. The highest BCUT2D eigenvalue weighted by Crippen LogP contribution is 2.36. The minimum absolute atomic E-state index is 0.0741. The second-order valence-corrected chi connectivity index (χ2v) is 6.59. The van der Waals surface area contributed by atoms with E-state index in [9.17, 15) is 4.39 Å². The van der Waals surface area contributed by atoms with E-state index >= 15 is 0 Å². The fraction of sp³-hybridized carbons (Fsp3) is 0.250. The summed E-state index contributed by atoms with van der Waals surface area (Å²) in [6, 6.07) is 9.46. The molecule has 100 valence electrons. The van der Waals surface area contributed by atoms with Crippen molar-refractivity contribution >= 4 is 31.9 Å². The van der Waals surface area contributed by atoms with Crippen molar-refractivity contribution in [3.05, 3.63) is 68.4 Å². The first-order valence-electron chi connectivity index (χ1n) is 6.07. The summed E-state index contributed by atoms with van der Waals surface area (Å²) in [6.07, 6.45) is 0. The summed E-state index contributed by atoms with van der Waals surface area (Å²) in [5, 5.41) is 0. The third-order valence-corrected chi connectivity index (χ3v) is 5.14. The van der Waals surface area contributed by atoms with Crippen LogP contribution in [0.25, 0.3) is 0 Å². The highest BCUT2D eigenvalue weighted by Gasteiger charge is 2.16. The van der Waals surface area contributed by atoms with Crippen LogP contribution in [0.1, 0.15) is 32.6 Å². The molecular formula is C16H15Br2F. The summed E-state index contributed by atoms with van der Waals surface area (Å²) in [4.78, 5) is 0.0741. The Kier molecular flexibility index (Phi) is 4.46. The van der Waals surface area contributed by atoms with Crippen LogP contribution in [0.5, 0.6) is 0 Å². The molecule has 0 aliphatic heterocycles. The Hall–Kier alpha value is -0.670. The first-order valence-corrected chi connectivity index (χ1v) is 7.77. The molecule has 0 aliphatic rings. The van der Waals surface area contributed by atoms with E-state index in [1.165, 1.54) is 5.56 Å². The Bertz CT molecular complexity index is 597. The van der Waals surface area contributed by atoms with Crippen molar-refractivity contribution in [1.29, 1.82) is 0 Å². The second-order valence-electron chi connectivity index (χ2n) is 4.82. The molecule has 0 radical (unpaired) electrons. The topological polar surface area (TPSA) is 0 Å². The Balaban J connectivity index is 2.49. The molecule has 0 N–H and O–H groups in total. The zero-order valence-electron chi connectivity index (χ0n) is 11.1. The molecule has 0 spiro atoms. The third kappa shape index (κ3) is 3.09. The maximum atomic E-state index is 13.4. The van der Waals surface area contributed by atoms with Crippen molar-refractivity contribution in [1.82, 2.24) is 0 Å². The van der Waals surface area contributed by atoms with E-state index in [1.54, 1.807) is 12.1 Å². The smallest absolute Gasteiger partial charge is 0.123 e. The first-order chi connectivity index (χ1) is 8.90. The van der Waals surface area contributed by atoms with E-state index in [-0.39, 0.29) is 10.6 Å². The van der Waals surface area contributed by atoms with Crippen LogP contribution in [0.2, 0.25) is 0 Å². The minimum Gasteiger partial charge on any atom is -0.207 e. The average Bonchev–Trinajstić information content (AvgIpc) is 2.31. The minimum atomic E-state index is -0.177. The van der Waals surface area contributed by atoms with Crippen molar-refractivity contribution in [2.24, 2.45) is 0 Å². The molecule has 0 saturated heterocycles. The van der Waals surface area contributed by atoms with Crippen LogP contribution in [-0.4, -0.2) is 0 Å². The van der Waals surface area contributed by atoms with Crippen molar-refractivity contribution in [2.45, 2.75) is 25.6 Å². The van der Waals surface area contributed by atoms with Gasteiger partial charge < -0.3 is 0 Å². The lowest BCUT2D eigenvalue weighted by molar-refractivity contribution is 0.624. The normalized spacial score (nSPS) is 12.5. The molecule has 2 rings (SSSR count). The molecule has 0 heterocycles. The highest BCUT2D eigenvalue weighted by atomic mass is 79.9. The van der Waals surface area contributed by atoms with E-state index in [4.69, 9.17) is 0 Å². The van der Waals surface area contributed by atoms with Gasteiger partial charge in [0.1, 0.15) is 5.82 Å². The van der Waals surface area contributed by atoms with Crippen LogP contribution < -0.4 is 0 Å². The summed E-state index contributed by atoms with van der Waals surface area (Å²) in [5.41, 5.74) is 5.44. The van der Waals surface area contributed by atoms with E-state index in [1.807, 2.05) is 13.8 Å². The predicted molar refractivity (Wildman–Crippen MR) is 85.5 cm³/mol. The van der Waals surface area contributed by atoms with Crippen LogP contribution in [0.4, 0.5) is 4.39 Å². The molecular weight excluding hydrogens is 371 g/mol. The number of halogens is 3. The number of rotatable bonds is 2. The van der Waals surface area contributed by atoms with Gasteiger partial charge >= 0.3 is 0 Å². The molecule has 0 nitrogen and oxygen atoms in total. The molecule has 3 heteroatoms. The van der Waals surface area contributed by atoms with Crippen molar-refractivity contribution < 1.29 is 4.39 Å². The second kappa shape index (κ2) is 5.76. The zero-order valence-corrected chi connectivity index (χ0v) is 14.3. The van der Waals surface area contributed by atoms with Crippen LogP contribution >= 0.6 is 31.9 Å². The standard InChI is InChI=1S/C16H15Br2F/c1-9-4-5-12(8-14(9)17)16(18)15-10(2)6-13(19)7-11(15)3/h4-8,16H,1-3H3. The molecule has 0 amide bonds. The summed E-state index contributed by atoms with van der Waals surface area (Å²) >= 11 is 7.29. The van der Waals surface area contributed by atoms with Gasteiger partial charge in [-0.05, 0) is 66.8 Å². The van der Waals surface area contributed by atoms with Crippen LogP contribution in [-0.2, 0) is 0 Å². The van der Waals surface area contributed by atoms with Gasteiger partial charge in [0.05, 0.1) is 4.83 Å². The van der Waals surface area contributed by atoms with Gasteiger partial charge in [-0.3, -0.25) is 0 Å². The SMILES string of the molecule is Cc1ccc(C(Br)c2c(C)cc(F)cc2C)cc1Br. The predicted octanol–water partition coefficient (Wildman–Crippen LogP) is 6.00. The van der Waals surface area contributed by atoms with Crippen LogP contribution in [0.15, 0.2) is 34.8 Å². The molecule has 1 atom stereocenters. The fourth-order valence-electron chi connectivity index (χ4n) is 2.26.